The highest BCUT2D eigenvalue weighted by atomic mass is 32.2. The summed E-state index contributed by atoms with van der Waals surface area (Å²) in [6.07, 6.45) is 4.12. The van der Waals surface area contributed by atoms with Crippen LogP contribution in [0.4, 0.5) is 0 Å². The van der Waals surface area contributed by atoms with Crippen LogP contribution >= 0.6 is 11.9 Å². The van der Waals surface area contributed by atoms with Gasteiger partial charge in [0.15, 0.2) is 0 Å². The molecule has 0 spiro atoms. The quantitative estimate of drug-likeness (QED) is 0.659. The number of nitrogens with one attached hydrogen (secondary N) is 1. The van der Waals surface area contributed by atoms with Gasteiger partial charge in [-0.25, -0.2) is 0 Å². The average molecular weight is 175 g/mol. The molecule has 0 aliphatic carbocycles. The standard InChI is InChI=1S/C10H9NS/c1-2-5-9(6-3-1)10-7-4-8-12-11-10/h1-8,11H. The lowest BCUT2D eigenvalue weighted by atomic mass is 10.1. The third-order valence-corrected chi connectivity index (χ3v) is 2.29. The zero-order chi connectivity index (χ0) is 8.23. The summed E-state index contributed by atoms with van der Waals surface area (Å²) in [5.41, 5.74) is 2.40. The fraction of sp³-hybridized carbons (Fsp3) is 0. The molecule has 0 radical (unpaired) electrons. The van der Waals surface area contributed by atoms with Gasteiger partial charge in [-0.15, -0.1) is 0 Å². The fourth-order valence-corrected chi connectivity index (χ4v) is 1.62. The first kappa shape index (κ1) is 7.50. The fourth-order valence-electron chi connectivity index (χ4n) is 1.08. The smallest absolute Gasteiger partial charge is 0.0515 e. The molecule has 0 aromatic heterocycles. The van der Waals surface area contributed by atoms with Crippen LogP contribution in [0.3, 0.4) is 0 Å². The molecule has 0 atom stereocenters. The molecule has 60 valence electrons. The Morgan fingerprint density at radius 1 is 1.08 bits per heavy atom. The predicted octanol–water partition coefficient (Wildman–Crippen LogP) is 2.79. The van der Waals surface area contributed by atoms with Crippen LogP contribution in [0.2, 0.25) is 0 Å². The highest BCUT2D eigenvalue weighted by molar-refractivity contribution is 8.00. The van der Waals surface area contributed by atoms with E-state index in [0.29, 0.717) is 0 Å². The highest BCUT2D eigenvalue weighted by Gasteiger charge is 1.99. The summed E-state index contributed by atoms with van der Waals surface area (Å²) in [7, 11) is 0. The van der Waals surface area contributed by atoms with E-state index in [2.05, 4.69) is 22.9 Å². The minimum atomic E-state index is 1.17. The molecule has 0 saturated carbocycles. The molecule has 0 amide bonds. The van der Waals surface area contributed by atoms with Crippen molar-refractivity contribution in [3.8, 4) is 0 Å². The van der Waals surface area contributed by atoms with Gasteiger partial charge in [-0.1, -0.05) is 36.4 Å². The van der Waals surface area contributed by atoms with Crippen molar-refractivity contribution in [1.29, 1.82) is 0 Å². The number of benzene rings is 1. The Kier molecular flexibility index (Phi) is 2.19. The first-order valence-electron chi connectivity index (χ1n) is 3.81. The molecule has 0 fully saturated rings. The van der Waals surface area contributed by atoms with Crippen LogP contribution in [0.15, 0.2) is 47.9 Å². The van der Waals surface area contributed by atoms with Gasteiger partial charge in [0.2, 0.25) is 0 Å². The summed E-state index contributed by atoms with van der Waals surface area (Å²) in [5.74, 6) is 0. The molecule has 1 N–H and O–H groups in total. The third kappa shape index (κ3) is 1.53. The molecule has 0 unspecified atom stereocenters. The lowest BCUT2D eigenvalue weighted by Gasteiger charge is -2.10. The van der Waals surface area contributed by atoms with Gasteiger partial charge in [-0.05, 0) is 29.0 Å². The van der Waals surface area contributed by atoms with Crippen molar-refractivity contribution in [3.63, 3.8) is 0 Å². The monoisotopic (exact) mass is 175 g/mol. The minimum Gasteiger partial charge on any atom is -0.326 e. The van der Waals surface area contributed by atoms with Gasteiger partial charge < -0.3 is 4.72 Å². The lowest BCUT2D eigenvalue weighted by molar-refractivity contribution is 1.40. The Labute approximate surface area is 76.3 Å². The second-order valence-corrected chi connectivity index (χ2v) is 3.21. The van der Waals surface area contributed by atoms with E-state index in [9.17, 15) is 0 Å². The van der Waals surface area contributed by atoms with E-state index >= 15 is 0 Å². The van der Waals surface area contributed by atoms with Gasteiger partial charge >= 0.3 is 0 Å². The van der Waals surface area contributed by atoms with Crippen LogP contribution in [0.1, 0.15) is 5.56 Å². The first-order chi connectivity index (χ1) is 5.97. The maximum Gasteiger partial charge on any atom is 0.0515 e. The van der Waals surface area contributed by atoms with Gasteiger partial charge in [0, 0.05) is 0 Å². The van der Waals surface area contributed by atoms with Crippen LogP contribution in [0.5, 0.6) is 0 Å². The molecule has 1 aromatic rings. The second kappa shape index (κ2) is 3.50. The molecular formula is C10H9NS. The van der Waals surface area contributed by atoms with E-state index in [1.54, 1.807) is 11.9 Å². The Balaban J connectivity index is 2.31. The normalized spacial score (nSPS) is 15.2. The van der Waals surface area contributed by atoms with Crippen molar-refractivity contribution in [2.45, 2.75) is 0 Å². The Hall–Kier alpha value is -1.15. The average Bonchev–Trinajstić information content (AvgIpc) is 2.21. The topological polar surface area (TPSA) is 12.0 Å². The summed E-state index contributed by atoms with van der Waals surface area (Å²) >= 11 is 1.60. The molecule has 1 aliphatic rings. The van der Waals surface area contributed by atoms with Crippen molar-refractivity contribution in [2.75, 3.05) is 0 Å². The molecular weight excluding hydrogens is 166 g/mol. The Morgan fingerprint density at radius 2 is 1.92 bits per heavy atom. The van der Waals surface area contributed by atoms with E-state index in [-0.39, 0.29) is 0 Å². The van der Waals surface area contributed by atoms with Crippen LogP contribution in [0.25, 0.3) is 5.70 Å². The summed E-state index contributed by atoms with van der Waals surface area (Å²) in [6.45, 7) is 0. The first-order valence-corrected chi connectivity index (χ1v) is 4.69. The molecule has 0 bridgehead atoms. The van der Waals surface area contributed by atoms with Gasteiger partial charge in [0.05, 0.1) is 5.70 Å². The number of rotatable bonds is 1. The maximum absolute atomic E-state index is 3.23. The van der Waals surface area contributed by atoms with Gasteiger partial charge in [0.1, 0.15) is 0 Å². The zero-order valence-electron chi connectivity index (χ0n) is 6.53. The van der Waals surface area contributed by atoms with Crippen molar-refractivity contribution in [1.82, 2.24) is 4.72 Å². The molecule has 1 heterocycles. The Morgan fingerprint density at radius 3 is 2.58 bits per heavy atom. The number of hydrogen-bond donors (Lipinski definition) is 1. The van der Waals surface area contributed by atoms with E-state index in [0.717, 1.165) is 0 Å². The van der Waals surface area contributed by atoms with Crippen molar-refractivity contribution in [2.24, 2.45) is 0 Å². The second-order valence-electron chi connectivity index (χ2n) is 2.49. The predicted molar refractivity (Wildman–Crippen MR) is 54.3 cm³/mol. The van der Waals surface area contributed by atoms with Crippen LogP contribution < -0.4 is 4.72 Å². The molecule has 1 nitrogen and oxygen atoms in total. The van der Waals surface area contributed by atoms with E-state index < -0.39 is 0 Å². The lowest BCUT2D eigenvalue weighted by Crippen LogP contribution is -2.02. The van der Waals surface area contributed by atoms with Crippen molar-refractivity contribution in [3.05, 3.63) is 53.5 Å². The summed E-state index contributed by atoms with van der Waals surface area (Å²) in [6, 6.07) is 10.3. The largest absolute Gasteiger partial charge is 0.326 e. The van der Waals surface area contributed by atoms with Gasteiger partial charge in [-0.3, -0.25) is 0 Å². The van der Waals surface area contributed by atoms with Crippen molar-refractivity contribution >= 4 is 17.6 Å². The summed E-state index contributed by atoms with van der Waals surface area (Å²) in [5, 5.41) is 2.02. The summed E-state index contributed by atoms with van der Waals surface area (Å²) in [4.78, 5) is 0. The molecule has 1 aromatic carbocycles. The molecule has 2 rings (SSSR count). The number of allylic oxidation sites excluding steroid dienone is 2. The van der Waals surface area contributed by atoms with Gasteiger partial charge in [0.25, 0.3) is 0 Å². The maximum atomic E-state index is 3.23. The van der Waals surface area contributed by atoms with Crippen LogP contribution in [-0.4, -0.2) is 0 Å². The zero-order valence-corrected chi connectivity index (χ0v) is 7.34. The molecule has 0 saturated heterocycles. The van der Waals surface area contributed by atoms with E-state index in [1.165, 1.54) is 11.3 Å². The summed E-state index contributed by atoms with van der Waals surface area (Å²) < 4.78 is 3.23. The molecule has 12 heavy (non-hydrogen) atoms. The third-order valence-electron chi connectivity index (χ3n) is 1.66. The van der Waals surface area contributed by atoms with Gasteiger partial charge in [-0.2, -0.15) is 0 Å². The van der Waals surface area contributed by atoms with E-state index in [1.807, 2.05) is 29.7 Å². The molecule has 2 heteroatoms. The van der Waals surface area contributed by atoms with E-state index in [4.69, 9.17) is 0 Å². The number of hydrogen-bond acceptors (Lipinski definition) is 2. The minimum absolute atomic E-state index is 1.17. The molecule has 1 aliphatic heterocycles. The van der Waals surface area contributed by atoms with Crippen LogP contribution in [-0.2, 0) is 0 Å². The van der Waals surface area contributed by atoms with Crippen molar-refractivity contribution < 1.29 is 0 Å². The Bertz CT molecular complexity index is 314. The van der Waals surface area contributed by atoms with Crippen LogP contribution in [0, 0.1) is 0 Å². The highest BCUT2D eigenvalue weighted by Crippen LogP contribution is 2.18. The SMILES string of the molecule is C1=CSNC(c2ccccc2)=C1.